The normalized spacial score (nSPS) is 27.0. The average Bonchev–Trinajstić information content (AvgIpc) is 3.55. The lowest BCUT2D eigenvalue weighted by molar-refractivity contribution is -0.140. The van der Waals surface area contributed by atoms with Crippen molar-refractivity contribution in [3.63, 3.8) is 0 Å². The third kappa shape index (κ3) is 4.53. The molecule has 0 unspecified atom stereocenters. The van der Waals surface area contributed by atoms with Crippen LogP contribution in [0.1, 0.15) is 63.9 Å². The summed E-state index contributed by atoms with van der Waals surface area (Å²) in [6.45, 7) is 5.13. The number of carbonyl (C=O) groups is 1. The van der Waals surface area contributed by atoms with Gasteiger partial charge in [0, 0.05) is 31.1 Å². The molecule has 1 aromatic rings. The van der Waals surface area contributed by atoms with Crippen molar-refractivity contribution in [2.24, 2.45) is 11.8 Å². The smallest absolute Gasteiger partial charge is 0.243 e. The number of piperidine rings is 1. The van der Waals surface area contributed by atoms with E-state index >= 15 is 0 Å². The van der Waals surface area contributed by atoms with Crippen molar-refractivity contribution in [2.45, 2.75) is 82.2 Å². The van der Waals surface area contributed by atoms with Crippen molar-refractivity contribution in [1.29, 1.82) is 0 Å². The fourth-order valence-electron chi connectivity index (χ4n) is 4.94. The van der Waals surface area contributed by atoms with Gasteiger partial charge in [-0.25, -0.2) is 8.42 Å². The summed E-state index contributed by atoms with van der Waals surface area (Å²) >= 11 is 0. The molecule has 1 aromatic carbocycles. The minimum absolute atomic E-state index is 0.0283. The lowest BCUT2D eigenvalue weighted by Gasteiger charge is -2.40. The molecule has 0 N–H and O–H groups in total. The molecule has 6 heteroatoms. The minimum atomic E-state index is -3.47. The van der Waals surface area contributed by atoms with Crippen molar-refractivity contribution in [2.75, 3.05) is 13.1 Å². The second-order valence-electron chi connectivity index (χ2n) is 9.38. The Hall–Kier alpha value is -1.40. The number of rotatable bonds is 5. The molecular weight excluding hydrogens is 384 g/mol. The number of carbonyl (C=O) groups excluding carboxylic acids is 1. The van der Waals surface area contributed by atoms with E-state index in [2.05, 4.69) is 11.8 Å². The van der Waals surface area contributed by atoms with Gasteiger partial charge in [0.25, 0.3) is 0 Å². The molecule has 29 heavy (non-hydrogen) atoms. The Morgan fingerprint density at radius 3 is 1.93 bits per heavy atom. The Labute approximate surface area is 175 Å². The van der Waals surface area contributed by atoms with Crippen LogP contribution in [0.2, 0.25) is 0 Å². The van der Waals surface area contributed by atoms with Crippen LogP contribution >= 0.6 is 0 Å². The predicted octanol–water partition coefficient (Wildman–Crippen LogP) is 3.97. The molecule has 2 aliphatic carbocycles. The summed E-state index contributed by atoms with van der Waals surface area (Å²) in [5, 5.41) is 0. The van der Waals surface area contributed by atoms with Crippen molar-refractivity contribution in [1.82, 2.24) is 9.21 Å². The number of hydrogen-bond acceptors (Lipinski definition) is 3. The van der Waals surface area contributed by atoms with Crippen LogP contribution < -0.4 is 0 Å². The van der Waals surface area contributed by atoms with E-state index in [1.54, 1.807) is 16.4 Å². The van der Waals surface area contributed by atoms with Crippen molar-refractivity contribution < 1.29 is 13.2 Å². The van der Waals surface area contributed by atoms with Crippen LogP contribution in [0.5, 0.6) is 0 Å². The largest absolute Gasteiger partial charge is 0.336 e. The maximum atomic E-state index is 13.4. The van der Waals surface area contributed by atoms with E-state index in [9.17, 15) is 13.2 Å². The van der Waals surface area contributed by atoms with Gasteiger partial charge >= 0.3 is 0 Å². The molecule has 2 saturated carbocycles. The van der Waals surface area contributed by atoms with Gasteiger partial charge < -0.3 is 4.90 Å². The molecule has 0 aromatic heterocycles. The summed E-state index contributed by atoms with van der Waals surface area (Å²) in [7, 11) is -3.47. The lowest BCUT2D eigenvalue weighted by atomic mass is 9.85. The second-order valence-corrected chi connectivity index (χ2v) is 11.3. The van der Waals surface area contributed by atoms with Gasteiger partial charge in [0.15, 0.2) is 0 Å². The monoisotopic (exact) mass is 418 g/mol. The Morgan fingerprint density at radius 2 is 1.41 bits per heavy atom. The molecule has 4 rings (SSSR count). The van der Waals surface area contributed by atoms with Gasteiger partial charge in [-0.1, -0.05) is 24.6 Å². The summed E-state index contributed by atoms with van der Waals surface area (Å²) in [5.74, 6) is 1.04. The Kier molecular flexibility index (Phi) is 6.03. The molecule has 1 amide bonds. The highest BCUT2D eigenvalue weighted by atomic mass is 32.2. The summed E-state index contributed by atoms with van der Waals surface area (Å²) in [6, 6.07) is 7.88. The molecule has 0 spiro atoms. The average molecular weight is 419 g/mol. The highest BCUT2D eigenvalue weighted by Crippen LogP contribution is 2.37. The third-order valence-corrected chi connectivity index (χ3v) is 8.95. The molecule has 5 nitrogen and oxygen atoms in total. The van der Waals surface area contributed by atoms with E-state index in [0.29, 0.717) is 48.8 Å². The first-order valence-corrected chi connectivity index (χ1v) is 12.7. The topological polar surface area (TPSA) is 57.7 Å². The van der Waals surface area contributed by atoms with Gasteiger partial charge in [0.05, 0.1) is 4.90 Å². The summed E-state index contributed by atoms with van der Waals surface area (Å²) in [4.78, 5) is 16.0. The summed E-state index contributed by atoms with van der Waals surface area (Å²) in [6.07, 6.45) is 8.24. The highest BCUT2D eigenvalue weighted by Gasteiger charge is 2.42. The quantitative estimate of drug-likeness (QED) is 0.727. The third-order valence-electron chi connectivity index (χ3n) is 7.04. The zero-order chi connectivity index (χ0) is 20.6. The molecular formula is C23H34N2O3S. The molecule has 0 atom stereocenters. The van der Waals surface area contributed by atoms with E-state index in [0.717, 1.165) is 37.2 Å². The molecule has 0 radical (unpaired) electrons. The van der Waals surface area contributed by atoms with E-state index < -0.39 is 10.0 Å². The molecule has 1 saturated heterocycles. The molecule has 3 aliphatic rings. The van der Waals surface area contributed by atoms with Crippen molar-refractivity contribution in [3.8, 4) is 0 Å². The maximum Gasteiger partial charge on any atom is 0.243 e. The van der Waals surface area contributed by atoms with Crippen LogP contribution in [0.4, 0.5) is 0 Å². The Bertz CT molecular complexity index is 816. The van der Waals surface area contributed by atoms with Crippen LogP contribution in [0, 0.1) is 18.8 Å². The maximum absolute atomic E-state index is 13.4. The highest BCUT2D eigenvalue weighted by molar-refractivity contribution is 7.89. The first kappa shape index (κ1) is 20.9. The summed E-state index contributed by atoms with van der Waals surface area (Å²) in [5.41, 5.74) is 1.05. The van der Waals surface area contributed by atoms with Crippen LogP contribution in [0.15, 0.2) is 29.2 Å². The van der Waals surface area contributed by atoms with Gasteiger partial charge in [-0.15, -0.1) is 0 Å². The number of aryl methyl sites for hydroxylation is 1. The molecule has 1 heterocycles. The van der Waals surface area contributed by atoms with Crippen LogP contribution in [0.25, 0.3) is 0 Å². The summed E-state index contributed by atoms with van der Waals surface area (Å²) < 4.78 is 27.4. The van der Waals surface area contributed by atoms with Crippen LogP contribution in [0.3, 0.4) is 0 Å². The van der Waals surface area contributed by atoms with Crippen molar-refractivity contribution in [3.05, 3.63) is 29.8 Å². The van der Waals surface area contributed by atoms with Gasteiger partial charge in [-0.2, -0.15) is 4.31 Å². The molecule has 3 fully saturated rings. The zero-order valence-electron chi connectivity index (χ0n) is 17.7. The SMILES string of the molecule is Cc1ccc(S(=O)(=O)N2CCC(C(=O)N(C3CCC(C)CC3)C3CC3)CC2)cc1. The Balaban J connectivity index is 1.39. The predicted molar refractivity (Wildman–Crippen MR) is 114 cm³/mol. The Morgan fingerprint density at radius 1 is 0.897 bits per heavy atom. The number of nitrogens with zero attached hydrogens (tertiary/aromatic N) is 2. The fraction of sp³-hybridized carbons (Fsp3) is 0.696. The van der Waals surface area contributed by atoms with Gasteiger partial charge in [0.1, 0.15) is 0 Å². The fourth-order valence-corrected chi connectivity index (χ4v) is 6.41. The number of amides is 1. The van der Waals surface area contributed by atoms with Crippen LogP contribution in [-0.2, 0) is 14.8 Å². The van der Waals surface area contributed by atoms with E-state index in [1.807, 2.05) is 19.1 Å². The number of sulfonamides is 1. The van der Waals surface area contributed by atoms with E-state index in [1.165, 1.54) is 12.8 Å². The molecule has 1 aliphatic heterocycles. The van der Waals surface area contributed by atoms with Gasteiger partial charge in [0.2, 0.25) is 15.9 Å². The molecule has 160 valence electrons. The van der Waals surface area contributed by atoms with Crippen molar-refractivity contribution >= 4 is 15.9 Å². The minimum Gasteiger partial charge on any atom is -0.336 e. The van der Waals surface area contributed by atoms with Gasteiger partial charge in [-0.3, -0.25) is 4.79 Å². The molecule has 0 bridgehead atoms. The van der Waals surface area contributed by atoms with Crippen LogP contribution in [-0.4, -0.2) is 48.7 Å². The van der Waals surface area contributed by atoms with Gasteiger partial charge in [-0.05, 0) is 76.3 Å². The standard InChI is InChI=1S/C23H34N2O3S/c1-17-3-7-20(8-4-17)25(21-9-10-21)23(26)19-13-15-24(16-14-19)29(27,28)22-11-5-18(2)6-12-22/h5-6,11-12,17,19-21H,3-4,7-10,13-16H2,1-2H3. The number of benzene rings is 1. The first-order valence-electron chi connectivity index (χ1n) is 11.2. The second kappa shape index (κ2) is 8.38. The van der Waals surface area contributed by atoms with E-state index in [-0.39, 0.29) is 5.92 Å². The first-order chi connectivity index (χ1) is 13.9. The lowest BCUT2D eigenvalue weighted by Crippen LogP contribution is -2.49. The zero-order valence-corrected chi connectivity index (χ0v) is 18.5. The van der Waals surface area contributed by atoms with E-state index in [4.69, 9.17) is 0 Å². The number of hydrogen-bond donors (Lipinski definition) is 0.